The van der Waals surface area contributed by atoms with E-state index in [4.69, 9.17) is 11.5 Å². The van der Waals surface area contributed by atoms with Crippen LogP contribution in [0.4, 0.5) is 0 Å². The molecule has 0 aliphatic heterocycles. The Morgan fingerprint density at radius 1 is 0.667 bits per heavy atom. The molecule has 0 aromatic rings. The molecule has 2 nitrogen and oxygen atoms in total. The molecule has 0 heterocycles. The second kappa shape index (κ2) is 10.5. The van der Waals surface area contributed by atoms with Crippen LogP contribution in [0.3, 0.4) is 0 Å². The summed E-state index contributed by atoms with van der Waals surface area (Å²) in [6.45, 7) is 1.57. The Morgan fingerprint density at radius 3 is 1.42 bits per heavy atom. The Hall–Kier alpha value is -0.520. The predicted molar refractivity (Wildman–Crippen MR) is 53.6 cm³/mol. The fraction of sp³-hybridized carbons (Fsp3) is 0.800. The molecule has 0 atom stereocenters. The first-order valence-corrected chi connectivity index (χ1v) is 4.77. The molecule has 0 radical (unpaired) electrons. The number of nitrogens with two attached hydrogens (primary N) is 2. The van der Waals surface area contributed by atoms with Crippen LogP contribution < -0.4 is 11.5 Å². The van der Waals surface area contributed by atoms with Crippen LogP contribution in [0.2, 0.25) is 0 Å². The van der Waals surface area contributed by atoms with E-state index in [2.05, 4.69) is 11.8 Å². The highest BCUT2D eigenvalue weighted by Crippen LogP contribution is 1.93. The highest BCUT2D eigenvalue weighted by molar-refractivity contribution is 4.98. The zero-order valence-electron chi connectivity index (χ0n) is 7.81. The van der Waals surface area contributed by atoms with Gasteiger partial charge in [0.15, 0.2) is 0 Å². The Labute approximate surface area is 75.7 Å². The van der Waals surface area contributed by atoms with Gasteiger partial charge in [-0.25, -0.2) is 0 Å². The van der Waals surface area contributed by atoms with E-state index in [1.54, 1.807) is 0 Å². The lowest BCUT2D eigenvalue weighted by Gasteiger charge is -1.90. The highest BCUT2D eigenvalue weighted by atomic mass is 14.5. The second-order valence-corrected chi connectivity index (χ2v) is 2.85. The van der Waals surface area contributed by atoms with Crippen molar-refractivity contribution in [2.45, 2.75) is 38.5 Å². The summed E-state index contributed by atoms with van der Waals surface area (Å²) < 4.78 is 0. The van der Waals surface area contributed by atoms with E-state index >= 15 is 0 Å². The molecule has 0 aliphatic carbocycles. The average molecular weight is 168 g/mol. The van der Waals surface area contributed by atoms with Crippen molar-refractivity contribution in [1.29, 1.82) is 0 Å². The van der Waals surface area contributed by atoms with Gasteiger partial charge in [-0.3, -0.25) is 0 Å². The van der Waals surface area contributed by atoms with Gasteiger partial charge in [0.2, 0.25) is 0 Å². The van der Waals surface area contributed by atoms with Gasteiger partial charge in [-0.2, -0.15) is 0 Å². The summed E-state index contributed by atoms with van der Waals surface area (Å²) >= 11 is 0. The van der Waals surface area contributed by atoms with Gasteiger partial charge >= 0.3 is 0 Å². The molecule has 70 valence electrons. The molecule has 2 heteroatoms. The summed E-state index contributed by atoms with van der Waals surface area (Å²) in [5, 5.41) is 0. The molecule has 0 bridgehead atoms. The van der Waals surface area contributed by atoms with Gasteiger partial charge in [-0.1, -0.05) is 0 Å². The predicted octanol–water partition coefficient (Wildman–Crippen LogP) is 1.25. The fourth-order valence-electron chi connectivity index (χ4n) is 0.892. The quantitative estimate of drug-likeness (QED) is 0.463. The molecule has 0 saturated carbocycles. The SMILES string of the molecule is NCCCCC#CCCCCN. The first kappa shape index (κ1) is 11.5. The zero-order chi connectivity index (χ0) is 9.07. The molecule has 0 saturated heterocycles. The minimum absolute atomic E-state index is 0.787. The molecule has 0 aromatic heterocycles. The van der Waals surface area contributed by atoms with Gasteiger partial charge in [-0.15, -0.1) is 11.8 Å². The number of rotatable bonds is 6. The van der Waals surface area contributed by atoms with Crippen LogP contribution in [0.25, 0.3) is 0 Å². The van der Waals surface area contributed by atoms with Crippen LogP contribution in [-0.4, -0.2) is 13.1 Å². The van der Waals surface area contributed by atoms with E-state index < -0.39 is 0 Å². The summed E-state index contributed by atoms with van der Waals surface area (Å²) in [6.07, 6.45) is 6.47. The minimum Gasteiger partial charge on any atom is -0.330 e. The molecule has 0 fully saturated rings. The highest BCUT2D eigenvalue weighted by Gasteiger charge is 1.82. The summed E-state index contributed by atoms with van der Waals surface area (Å²) in [7, 11) is 0. The van der Waals surface area contributed by atoms with Gasteiger partial charge in [0.1, 0.15) is 0 Å². The summed E-state index contributed by atoms with van der Waals surface area (Å²) in [5.41, 5.74) is 10.7. The lowest BCUT2D eigenvalue weighted by Crippen LogP contribution is -1.97. The maximum Gasteiger partial charge on any atom is 0.00891 e. The van der Waals surface area contributed by atoms with E-state index in [0.717, 1.165) is 51.6 Å². The van der Waals surface area contributed by atoms with E-state index in [1.807, 2.05) is 0 Å². The molecular weight excluding hydrogens is 148 g/mol. The molecule has 0 amide bonds. The summed E-state index contributed by atoms with van der Waals surface area (Å²) in [6, 6.07) is 0. The smallest absolute Gasteiger partial charge is 0.00891 e. The third kappa shape index (κ3) is 9.48. The maximum absolute atomic E-state index is 5.35. The van der Waals surface area contributed by atoms with Crippen LogP contribution in [-0.2, 0) is 0 Å². The summed E-state index contributed by atoms with van der Waals surface area (Å²) in [5.74, 6) is 6.27. The van der Waals surface area contributed by atoms with Crippen molar-refractivity contribution in [3.8, 4) is 11.8 Å². The van der Waals surface area contributed by atoms with Gasteiger partial charge in [-0.05, 0) is 38.8 Å². The van der Waals surface area contributed by atoms with E-state index in [9.17, 15) is 0 Å². The van der Waals surface area contributed by atoms with Gasteiger partial charge < -0.3 is 11.5 Å². The number of unbranched alkanes of at least 4 members (excludes halogenated alkanes) is 4. The largest absolute Gasteiger partial charge is 0.330 e. The molecule has 0 aliphatic rings. The van der Waals surface area contributed by atoms with Gasteiger partial charge in [0.25, 0.3) is 0 Å². The lowest BCUT2D eigenvalue weighted by molar-refractivity contribution is 0.759. The first-order valence-electron chi connectivity index (χ1n) is 4.77. The van der Waals surface area contributed by atoms with Crippen LogP contribution in [0.15, 0.2) is 0 Å². The third-order valence-electron chi connectivity index (χ3n) is 1.64. The zero-order valence-corrected chi connectivity index (χ0v) is 7.81. The number of hydrogen-bond donors (Lipinski definition) is 2. The molecular formula is C10H20N2. The molecule has 12 heavy (non-hydrogen) atoms. The molecule has 0 rings (SSSR count). The molecule has 0 aromatic carbocycles. The van der Waals surface area contributed by atoms with Crippen molar-refractivity contribution < 1.29 is 0 Å². The van der Waals surface area contributed by atoms with Crippen molar-refractivity contribution in [2.75, 3.05) is 13.1 Å². The standard InChI is InChI=1S/C10H20N2/c11-9-7-5-3-1-2-4-6-8-10-12/h3-12H2. The van der Waals surface area contributed by atoms with E-state index in [0.29, 0.717) is 0 Å². The maximum atomic E-state index is 5.35. The van der Waals surface area contributed by atoms with Gasteiger partial charge in [0, 0.05) is 12.8 Å². The van der Waals surface area contributed by atoms with Crippen molar-refractivity contribution >= 4 is 0 Å². The fourth-order valence-corrected chi connectivity index (χ4v) is 0.892. The van der Waals surface area contributed by atoms with Crippen molar-refractivity contribution in [1.82, 2.24) is 0 Å². The normalized spacial score (nSPS) is 9.17. The monoisotopic (exact) mass is 168 g/mol. The second-order valence-electron chi connectivity index (χ2n) is 2.85. The van der Waals surface area contributed by atoms with Gasteiger partial charge in [0.05, 0.1) is 0 Å². The summed E-state index contributed by atoms with van der Waals surface area (Å²) in [4.78, 5) is 0. The molecule has 0 unspecified atom stereocenters. The van der Waals surface area contributed by atoms with Crippen LogP contribution in [0, 0.1) is 11.8 Å². The first-order chi connectivity index (χ1) is 5.91. The van der Waals surface area contributed by atoms with Crippen LogP contribution in [0.5, 0.6) is 0 Å². The van der Waals surface area contributed by atoms with Crippen LogP contribution >= 0.6 is 0 Å². The number of hydrogen-bond acceptors (Lipinski definition) is 2. The minimum atomic E-state index is 0.787. The van der Waals surface area contributed by atoms with Crippen molar-refractivity contribution in [3.63, 3.8) is 0 Å². The third-order valence-corrected chi connectivity index (χ3v) is 1.64. The van der Waals surface area contributed by atoms with Crippen molar-refractivity contribution in [2.24, 2.45) is 11.5 Å². The Balaban J connectivity index is 3.01. The van der Waals surface area contributed by atoms with Crippen LogP contribution in [0.1, 0.15) is 38.5 Å². The topological polar surface area (TPSA) is 52.0 Å². The Morgan fingerprint density at radius 2 is 1.08 bits per heavy atom. The lowest BCUT2D eigenvalue weighted by atomic mass is 10.2. The average Bonchev–Trinajstić information content (AvgIpc) is 2.10. The van der Waals surface area contributed by atoms with E-state index in [1.165, 1.54) is 0 Å². The van der Waals surface area contributed by atoms with Crippen molar-refractivity contribution in [3.05, 3.63) is 0 Å². The van der Waals surface area contributed by atoms with E-state index in [-0.39, 0.29) is 0 Å². The Bertz CT molecular complexity index is 119. The molecule has 0 spiro atoms. The Kier molecular flexibility index (Phi) is 10.0. The molecule has 4 N–H and O–H groups in total.